The molecule has 1 heterocycles. The summed E-state index contributed by atoms with van der Waals surface area (Å²) in [7, 11) is -0.915. The summed E-state index contributed by atoms with van der Waals surface area (Å²) in [4.78, 5) is 16.1. The van der Waals surface area contributed by atoms with Crippen molar-refractivity contribution in [3.05, 3.63) is 101 Å². The lowest BCUT2D eigenvalue weighted by molar-refractivity contribution is -0.282. The first kappa shape index (κ1) is 27.8. The van der Waals surface area contributed by atoms with Gasteiger partial charge < -0.3 is 4.74 Å². The molecule has 0 saturated heterocycles. The van der Waals surface area contributed by atoms with Gasteiger partial charge in [-0.3, -0.25) is 4.58 Å². The van der Waals surface area contributed by atoms with E-state index in [9.17, 15) is 13.2 Å². The first-order valence-corrected chi connectivity index (χ1v) is 15.1. The molecule has 200 valence electrons. The van der Waals surface area contributed by atoms with Crippen LogP contribution in [0, 0.1) is 0 Å². The molecule has 4 rings (SSSR count). The fourth-order valence-electron chi connectivity index (χ4n) is 3.62. The third-order valence-corrected chi connectivity index (χ3v) is 11.1. The Morgan fingerprint density at radius 3 is 1.92 bits per heavy atom. The van der Waals surface area contributed by atoms with Gasteiger partial charge in [0.15, 0.2) is 5.84 Å². The van der Waals surface area contributed by atoms with E-state index in [4.69, 9.17) is 24.2 Å². The number of aliphatic imine (C=N–C) groups is 2. The molecule has 0 aromatic heterocycles. The van der Waals surface area contributed by atoms with E-state index >= 15 is 0 Å². The lowest BCUT2D eigenvalue weighted by Gasteiger charge is -2.38. The normalized spacial score (nSPS) is 18.2. The van der Waals surface area contributed by atoms with Crippen molar-refractivity contribution in [2.24, 2.45) is 9.98 Å². The maximum atomic E-state index is 13.4. The zero-order chi connectivity index (χ0) is 27.8. The van der Waals surface area contributed by atoms with Crippen molar-refractivity contribution >= 4 is 19.9 Å². The van der Waals surface area contributed by atoms with E-state index in [2.05, 4.69) is 20.8 Å². The molecule has 1 aliphatic rings. The smallest absolute Gasteiger partial charge is 0.416 e. The number of hydrogen-bond acceptors (Lipinski definition) is 5. The molecule has 0 spiro atoms. The molecule has 3 aromatic carbocycles. The van der Waals surface area contributed by atoms with Gasteiger partial charge in [0.05, 0.1) is 12.7 Å². The van der Waals surface area contributed by atoms with Gasteiger partial charge in [0, 0.05) is 16.7 Å². The van der Waals surface area contributed by atoms with E-state index in [1.165, 1.54) is 12.1 Å². The lowest BCUT2D eigenvalue weighted by Crippen LogP contribution is -2.45. The molecule has 0 aliphatic carbocycles. The average Bonchev–Trinajstić information content (AvgIpc) is 3.28. The molecule has 1 atom stereocenters. The molecule has 38 heavy (non-hydrogen) atoms. The third-order valence-electron chi connectivity index (χ3n) is 6.98. The van der Waals surface area contributed by atoms with E-state index in [0.717, 1.165) is 17.7 Å². The summed E-state index contributed by atoms with van der Waals surface area (Å²) in [6.07, 6.45) is -4.48. The lowest BCUT2D eigenvalue weighted by atomic mass is 9.92. The van der Waals surface area contributed by atoms with Crippen LogP contribution in [-0.2, 0) is 21.4 Å². The van der Waals surface area contributed by atoms with Crippen LogP contribution in [0.2, 0.25) is 18.1 Å². The summed E-state index contributed by atoms with van der Waals surface area (Å²) in [6.45, 7) is 10.3. The second-order valence-corrected chi connectivity index (χ2v) is 15.3. The van der Waals surface area contributed by atoms with Crippen LogP contribution in [-0.4, -0.2) is 27.0 Å². The molecule has 3 aromatic rings. The summed E-state index contributed by atoms with van der Waals surface area (Å²) in [6, 6.07) is 21.3. The van der Waals surface area contributed by atoms with Crippen molar-refractivity contribution in [1.82, 2.24) is 0 Å². The Kier molecular flexibility index (Phi) is 7.40. The van der Waals surface area contributed by atoms with Crippen LogP contribution in [0.25, 0.3) is 0 Å². The highest BCUT2D eigenvalue weighted by Gasteiger charge is 2.49. The fraction of sp³-hybridized carbons (Fsp3) is 0.310. The molecule has 1 aliphatic heterocycles. The average molecular weight is 541 g/mol. The van der Waals surface area contributed by atoms with E-state index < -0.39 is 25.8 Å². The van der Waals surface area contributed by atoms with Gasteiger partial charge >= 0.3 is 6.18 Å². The fourth-order valence-corrected chi connectivity index (χ4v) is 4.20. The van der Waals surface area contributed by atoms with Crippen LogP contribution in [0.4, 0.5) is 13.2 Å². The number of hydrogen-bond donors (Lipinski definition) is 0. The predicted octanol–water partition coefficient (Wildman–Crippen LogP) is 7.77. The van der Waals surface area contributed by atoms with Gasteiger partial charge in [-0.15, -0.1) is 0 Å². The molecule has 0 saturated carbocycles. The van der Waals surface area contributed by atoms with Gasteiger partial charge in [-0.05, 0) is 54.5 Å². The molecule has 0 fully saturated rings. The quantitative estimate of drug-likeness (QED) is 0.175. The molecular formula is C29H31F3N2O3Si. The second-order valence-electron chi connectivity index (χ2n) is 10.6. The number of amidine groups is 1. The predicted molar refractivity (Wildman–Crippen MR) is 145 cm³/mol. The molecule has 0 N–H and O–H groups in total. The summed E-state index contributed by atoms with van der Waals surface area (Å²) in [5.74, 6) is 1.03. The number of nitrogens with zero attached hydrogens (tertiary/aromatic N) is 2. The highest BCUT2D eigenvalue weighted by atomic mass is 28.4. The summed E-state index contributed by atoms with van der Waals surface area (Å²) in [5, 5.41) is -0.198. The van der Waals surface area contributed by atoms with Crippen LogP contribution in [0.3, 0.4) is 0 Å². The number of rotatable bonds is 7. The summed E-state index contributed by atoms with van der Waals surface area (Å²) in [5.41, 5.74) is -0.237. The van der Waals surface area contributed by atoms with Crippen molar-refractivity contribution < 1.29 is 27.4 Å². The minimum absolute atomic E-state index is 0.198. The SMILES string of the molecule is COc1ccc(C2=NC(c3ccccc3)=N[C@]2(OO[Si](C)(C)C(C)(C)C)c2ccc(C(F)(F)F)cc2)cc1. The zero-order valence-electron chi connectivity index (χ0n) is 22.3. The van der Waals surface area contributed by atoms with E-state index in [0.29, 0.717) is 28.4 Å². The van der Waals surface area contributed by atoms with Crippen molar-refractivity contribution in [3.63, 3.8) is 0 Å². The number of ether oxygens (including phenoxy) is 1. The van der Waals surface area contributed by atoms with E-state index in [1.807, 2.05) is 55.6 Å². The minimum Gasteiger partial charge on any atom is -0.497 e. The Bertz CT molecular complexity index is 1330. The highest BCUT2D eigenvalue weighted by Crippen LogP contribution is 2.43. The van der Waals surface area contributed by atoms with Crippen LogP contribution < -0.4 is 4.74 Å². The molecular weight excluding hydrogens is 509 g/mol. The van der Waals surface area contributed by atoms with Gasteiger partial charge in [0.1, 0.15) is 11.5 Å². The van der Waals surface area contributed by atoms with E-state index in [1.54, 1.807) is 19.2 Å². The number of halogens is 3. The first-order valence-electron chi connectivity index (χ1n) is 12.2. The largest absolute Gasteiger partial charge is 0.497 e. The summed E-state index contributed by atoms with van der Waals surface area (Å²) >= 11 is 0. The standard InChI is InChI=1S/C29H31F3N2O3Si/c1-27(2,3)38(5,6)37-36-28(22-14-16-23(17-15-22)29(30,31)32)25(20-12-18-24(35-4)19-13-20)33-26(34-28)21-10-8-7-9-11-21/h7-19H,1-6H3/t28-/m0/s1. The Morgan fingerprint density at radius 2 is 1.39 bits per heavy atom. The molecule has 0 bridgehead atoms. The van der Waals surface area contributed by atoms with Crippen LogP contribution in [0.5, 0.6) is 5.75 Å². The third kappa shape index (κ3) is 5.45. The zero-order valence-corrected chi connectivity index (χ0v) is 23.3. The summed E-state index contributed by atoms with van der Waals surface area (Å²) < 4.78 is 51.8. The molecule has 0 amide bonds. The topological polar surface area (TPSA) is 52.4 Å². The molecule has 0 unspecified atom stereocenters. The Balaban J connectivity index is 1.92. The van der Waals surface area contributed by atoms with Gasteiger partial charge in [-0.2, -0.15) is 13.2 Å². The van der Waals surface area contributed by atoms with Crippen molar-refractivity contribution in [3.8, 4) is 5.75 Å². The maximum Gasteiger partial charge on any atom is 0.416 e. The van der Waals surface area contributed by atoms with Gasteiger partial charge in [-0.1, -0.05) is 63.2 Å². The Labute approximate surface area is 222 Å². The Hall–Kier alpha value is -3.27. The van der Waals surface area contributed by atoms with Crippen molar-refractivity contribution in [2.45, 2.75) is 50.8 Å². The number of benzene rings is 3. The molecule has 9 heteroatoms. The van der Waals surface area contributed by atoms with Gasteiger partial charge in [-0.25, -0.2) is 14.9 Å². The molecule has 5 nitrogen and oxygen atoms in total. The van der Waals surface area contributed by atoms with Crippen molar-refractivity contribution in [1.29, 1.82) is 0 Å². The van der Waals surface area contributed by atoms with Crippen LogP contribution in [0.1, 0.15) is 43.0 Å². The number of alkyl halides is 3. The minimum atomic E-state index is -4.48. The second kappa shape index (κ2) is 10.1. The highest BCUT2D eigenvalue weighted by molar-refractivity contribution is 6.73. The number of methoxy groups -OCH3 is 1. The van der Waals surface area contributed by atoms with E-state index in [-0.39, 0.29) is 5.04 Å². The van der Waals surface area contributed by atoms with Crippen molar-refractivity contribution in [2.75, 3.05) is 7.11 Å². The van der Waals surface area contributed by atoms with Crippen LogP contribution in [0.15, 0.2) is 88.8 Å². The monoisotopic (exact) mass is 540 g/mol. The maximum absolute atomic E-state index is 13.4. The van der Waals surface area contributed by atoms with Gasteiger partial charge in [0.25, 0.3) is 5.72 Å². The van der Waals surface area contributed by atoms with Gasteiger partial charge in [0.2, 0.25) is 8.32 Å². The first-order chi connectivity index (χ1) is 17.8. The Morgan fingerprint density at radius 1 is 0.789 bits per heavy atom. The van der Waals surface area contributed by atoms with Crippen LogP contribution >= 0.6 is 0 Å². The molecule has 0 radical (unpaired) electrons.